The van der Waals surface area contributed by atoms with Crippen LogP contribution in [0.4, 0.5) is 10.3 Å². The second-order valence-electron chi connectivity index (χ2n) is 5.60. The Bertz CT molecular complexity index is 616. The molecular formula is C12H22ClN5O3S2. The monoisotopic (exact) mass is 383 g/mol. The number of rotatable bonds is 6. The van der Waals surface area contributed by atoms with E-state index in [2.05, 4.69) is 32.5 Å². The van der Waals surface area contributed by atoms with Crippen LogP contribution in [-0.4, -0.2) is 43.9 Å². The molecule has 1 atom stereocenters. The summed E-state index contributed by atoms with van der Waals surface area (Å²) in [6.45, 7) is 4.10. The number of sulfonamides is 1. The molecule has 23 heavy (non-hydrogen) atoms. The lowest BCUT2D eigenvalue weighted by molar-refractivity contribution is -0.117. The fraction of sp³-hybridized carbons (Fsp3) is 0.750. The molecule has 132 valence electrons. The highest BCUT2D eigenvalue weighted by molar-refractivity contribution is 7.92. The van der Waals surface area contributed by atoms with Crippen LogP contribution < -0.4 is 15.4 Å². The lowest BCUT2D eigenvalue weighted by Gasteiger charge is -2.27. The van der Waals surface area contributed by atoms with Gasteiger partial charge in [-0.1, -0.05) is 18.3 Å². The van der Waals surface area contributed by atoms with Crippen molar-refractivity contribution < 1.29 is 13.2 Å². The summed E-state index contributed by atoms with van der Waals surface area (Å²) in [4.78, 5) is 12.0. The van der Waals surface area contributed by atoms with Crippen molar-refractivity contribution in [3.63, 3.8) is 0 Å². The summed E-state index contributed by atoms with van der Waals surface area (Å²) in [5, 5.41) is 13.9. The van der Waals surface area contributed by atoms with Crippen LogP contribution in [0.15, 0.2) is 0 Å². The van der Waals surface area contributed by atoms with Crippen LogP contribution >= 0.6 is 23.7 Å². The lowest BCUT2D eigenvalue weighted by Crippen LogP contribution is -2.32. The molecule has 1 aliphatic rings. The molecule has 0 aliphatic carbocycles. The molecule has 1 aromatic heterocycles. The van der Waals surface area contributed by atoms with Crippen molar-refractivity contribution in [2.24, 2.45) is 11.8 Å². The van der Waals surface area contributed by atoms with Crippen LogP contribution in [0.1, 0.15) is 26.2 Å². The first-order valence-corrected chi connectivity index (χ1v) is 9.86. The lowest BCUT2D eigenvalue weighted by atomic mass is 9.84. The topological polar surface area (TPSA) is 113 Å². The Morgan fingerprint density at radius 1 is 1.35 bits per heavy atom. The number of anilines is 2. The maximum Gasteiger partial charge on any atom is 0.231 e. The molecular weight excluding hydrogens is 362 g/mol. The number of nitrogens with one attached hydrogen (secondary N) is 3. The van der Waals surface area contributed by atoms with Gasteiger partial charge in [0.05, 0.1) is 6.26 Å². The van der Waals surface area contributed by atoms with E-state index in [0.717, 1.165) is 43.5 Å². The van der Waals surface area contributed by atoms with Gasteiger partial charge in [0.25, 0.3) is 0 Å². The van der Waals surface area contributed by atoms with E-state index in [1.165, 1.54) is 0 Å². The van der Waals surface area contributed by atoms with Crippen LogP contribution in [0.5, 0.6) is 0 Å². The third-order valence-corrected chi connectivity index (χ3v) is 5.09. The van der Waals surface area contributed by atoms with E-state index in [1.807, 2.05) is 0 Å². The summed E-state index contributed by atoms with van der Waals surface area (Å²) in [6.07, 6.45) is 3.65. The molecule has 1 aliphatic heterocycles. The fourth-order valence-electron chi connectivity index (χ4n) is 2.52. The Labute approximate surface area is 146 Å². The smallest absolute Gasteiger partial charge is 0.231 e. The Hall–Kier alpha value is -0.970. The van der Waals surface area contributed by atoms with Gasteiger partial charge in [0.1, 0.15) is 0 Å². The molecule has 1 unspecified atom stereocenters. The van der Waals surface area contributed by atoms with Crippen molar-refractivity contribution in [3.8, 4) is 0 Å². The zero-order chi connectivity index (χ0) is 16.2. The molecule has 1 aromatic rings. The van der Waals surface area contributed by atoms with Gasteiger partial charge in [-0.3, -0.25) is 9.52 Å². The third-order valence-electron chi connectivity index (χ3n) is 3.64. The molecule has 1 saturated heterocycles. The van der Waals surface area contributed by atoms with Crippen LogP contribution in [0, 0.1) is 11.8 Å². The normalized spacial score (nSPS) is 17.1. The number of piperidine rings is 1. The molecule has 0 bridgehead atoms. The second kappa shape index (κ2) is 8.76. The minimum absolute atomic E-state index is 0. The van der Waals surface area contributed by atoms with Gasteiger partial charge >= 0.3 is 0 Å². The summed E-state index contributed by atoms with van der Waals surface area (Å²) in [7, 11) is -3.39. The van der Waals surface area contributed by atoms with Crippen LogP contribution in [-0.2, 0) is 14.8 Å². The number of halogens is 1. The number of hydrogen-bond donors (Lipinski definition) is 3. The summed E-state index contributed by atoms with van der Waals surface area (Å²) in [6, 6.07) is 0. The van der Waals surface area contributed by atoms with Gasteiger partial charge in [0.2, 0.25) is 26.2 Å². The first kappa shape index (κ1) is 20.1. The molecule has 0 radical (unpaired) electrons. The molecule has 2 rings (SSSR count). The van der Waals surface area contributed by atoms with E-state index in [1.54, 1.807) is 0 Å². The van der Waals surface area contributed by atoms with Gasteiger partial charge in [0.15, 0.2) is 0 Å². The van der Waals surface area contributed by atoms with Crippen molar-refractivity contribution >= 4 is 49.9 Å². The Morgan fingerprint density at radius 3 is 2.57 bits per heavy atom. The van der Waals surface area contributed by atoms with Gasteiger partial charge in [-0.2, -0.15) is 0 Å². The van der Waals surface area contributed by atoms with Gasteiger partial charge in [-0.05, 0) is 37.8 Å². The minimum atomic E-state index is -3.39. The van der Waals surface area contributed by atoms with Crippen molar-refractivity contribution in [3.05, 3.63) is 0 Å². The average Bonchev–Trinajstić information content (AvgIpc) is 2.84. The Kier molecular flexibility index (Phi) is 7.65. The zero-order valence-corrected chi connectivity index (χ0v) is 15.5. The molecule has 3 N–H and O–H groups in total. The van der Waals surface area contributed by atoms with E-state index >= 15 is 0 Å². The highest BCUT2D eigenvalue weighted by atomic mass is 35.5. The number of amides is 1. The molecule has 1 amide bonds. The molecule has 0 saturated carbocycles. The van der Waals surface area contributed by atoms with Gasteiger partial charge in [0, 0.05) is 6.42 Å². The van der Waals surface area contributed by atoms with E-state index in [9.17, 15) is 13.2 Å². The summed E-state index contributed by atoms with van der Waals surface area (Å²) < 4.78 is 24.4. The largest absolute Gasteiger partial charge is 0.317 e. The van der Waals surface area contributed by atoms with Crippen LogP contribution in [0.2, 0.25) is 0 Å². The average molecular weight is 384 g/mol. The van der Waals surface area contributed by atoms with Gasteiger partial charge < -0.3 is 10.6 Å². The summed E-state index contributed by atoms with van der Waals surface area (Å²) in [5.41, 5.74) is 0. The number of carbonyl (C=O) groups is 1. The molecule has 1 fully saturated rings. The first-order chi connectivity index (χ1) is 10.3. The van der Waals surface area contributed by atoms with Crippen molar-refractivity contribution in [1.82, 2.24) is 15.5 Å². The van der Waals surface area contributed by atoms with E-state index in [4.69, 9.17) is 0 Å². The van der Waals surface area contributed by atoms with Gasteiger partial charge in [-0.25, -0.2) is 8.42 Å². The Morgan fingerprint density at radius 2 is 1.96 bits per heavy atom. The SMILES string of the molecule is CC(CC(=O)Nc1nnc(NS(C)(=O)=O)s1)C1CCNCC1.Cl. The number of hydrogen-bond acceptors (Lipinski definition) is 7. The summed E-state index contributed by atoms with van der Waals surface area (Å²) >= 11 is 0.996. The molecule has 2 heterocycles. The maximum atomic E-state index is 12.0. The number of nitrogens with zero attached hydrogens (tertiary/aromatic N) is 2. The van der Waals surface area contributed by atoms with Gasteiger partial charge in [-0.15, -0.1) is 22.6 Å². The van der Waals surface area contributed by atoms with Crippen molar-refractivity contribution in [1.29, 1.82) is 0 Å². The third kappa shape index (κ3) is 6.98. The van der Waals surface area contributed by atoms with E-state index in [-0.39, 0.29) is 23.4 Å². The molecule has 0 spiro atoms. The number of aromatic nitrogens is 2. The second-order valence-corrected chi connectivity index (χ2v) is 8.33. The predicted molar refractivity (Wildman–Crippen MR) is 93.6 cm³/mol. The van der Waals surface area contributed by atoms with Crippen LogP contribution in [0.3, 0.4) is 0 Å². The van der Waals surface area contributed by atoms with E-state index < -0.39 is 10.0 Å². The van der Waals surface area contributed by atoms with Crippen molar-refractivity contribution in [2.45, 2.75) is 26.2 Å². The first-order valence-electron chi connectivity index (χ1n) is 7.15. The highest BCUT2D eigenvalue weighted by Crippen LogP contribution is 2.25. The standard InChI is InChI=1S/C12H21N5O3S2.ClH/c1-8(9-3-5-13-6-4-9)7-10(18)14-11-15-16-12(21-11)17-22(2,19)20;/h8-9,13H,3-7H2,1-2H3,(H,16,17)(H,14,15,18);1H. The maximum absolute atomic E-state index is 12.0. The highest BCUT2D eigenvalue weighted by Gasteiger charge is 2.22. The Balaban J connectivity index is 0.00000264. The summed E-state index contributed by atoms with van der Waals surface area (Å²) in [5.74, 6) is 0.751. The fourth-order valence-corrected chi connectivity index (χ4v) is 4.01. The zero-order valence-electron chi connectivity index (χ0n) is 13.0. The van der Waals surface area contributed by atoms with Crippen molar-refractivity contribution in [2.75, 3.05) is 29.4 Å². The minimum Gasteiger partial charge on any atom is -0.317 e. The molecule has 8 nitrogen and oxygen atoms in total. The van der Waals surface area contributed by atoms with E-state index in [0.29, 0.717) is 23.4 Å². The number of carbonyl (C=O) groups excluding carboxylic acids is 1. The van der Waals surface area contributed by atoms with Crippen LogP contribution in [0.25, 0.3) is 0 Å². The molecule has 11 heteroatoms. The predicted octanol–water partition coefficient (Wildman–Crippen LogP) is 1.30. The quantitative estimate of drug-likeness (QED) is 0.682. The molecule has 0 aromatic carbocycles.